The van der Waals surface area contributed by atoms with Crippen molar-refractivity contribution < 1.29 is 51.6 Å². The van der Waals surface area contributed by atoms with Gasteiger partial charge in [0.2, 0.25) is 27.7 Å². The molecule has 0 unspecified atom stereocenters. The van der Waals surface area contributed by atoms with Crippen molar-refractivity contribution in [1.82, 2.24) is 25.2 Å². The van der Waals surface area contributed by atoms with Crippen LogP contribution in [0, 0.1) is 17.8 Å². The molecule has 2 aliphatic heterocycles. The molecule has 3 fully saturated rings. The van der Waals surface area contributed by atoms with Crippen molar-refractivity contribution >= 4 is 44.6 Å². The number of carboxylic acid groups (broad SMARTS) is 1. The number of nitrogens with one attached hydrogen (secondary N) is 3. The Balaban J connectivity index is 1.33. The highest BCUT2D eigenvalue weighted by molar-refractivity contribution is 7.91. The maximum absolute atomic E-state index is 14.4. The Morgan fingerprint density at radius 1 is 1.09 bits per heavy atom. The summed E-state index contributed by atoms with van der Waals surface area (Å²) in [6, 6.07) is 2.92. The van der Waals surface area contributed by atoms with E-state index in [1.165, 1.54) is 11.1 Å². The van der Waals surface area contributed by atoms with Gasteiger partial charge in [0.05, 0.1) is 31.7 Å². The molecule has 17 heteroatoms. The number of benzene rings is 1. The predicted octanol–water partition coefficient (Wildman–Crippen LogP) is 2.75. The van der Waals surface area contributed by atoms with Crippen LogP contribution in [0.25, 0.3) is 10.8 Å². The maximum atomic E-state index is 14.4. The summed E-state index contributed by atoms with van der Waals surface area (Å²) in [7, 11) is -0.811. The van der Waals surface area contributed by atoms with E-state index in [0.717, 1.165) is 6.42 Å². The minimum atomic E-state index is -3.92. The topological polar surface area (TPSA) is 212 Å². The third-order valence-corrected chi connectivity index (χ3v) is 12.6. The van der Waals surface area contributed by atoms with Crippen LogP contribution in [0.3, 0.4) is 0 Å². The minimum Gasteiger partial charge on any atom is -0.497 e. The number of methoxy groups -OCH3 is 2. The van der Waals surface area contributed by atoms with Crippen molar-refractivity contribution in [3.05, 3.63) is 36.5 Å². The van der Waals surface area contributed by atoms with Crippen LogP contribution < -0.4 is 29.6 Å². The van der Waals surface area contributed by atoms with Crippen molar-refractivity contribution in [2.24, 2.45) is 17.8 Å². The summed E-state index contributed by atoms with van der Waals surface area (Å²) in [6.45, 7) is 4.35. The molecular weight excluding hydrogens is 722 g/mol. The van der Waals surface area contributed by atoms with E-state index in [2.05, 4.69) is 20.3 Å². The fraction of sp³-hybridized carbons (Fsp3) is 0.595. The molecule has 2 saturated carbocycles. The second-order valence-electron chi connectivity index (χ2n) is 14.9. The van der Waals surface area contributed by atoms with Gasteiger partial charge in [-0.3, -0.25) is 19.1 Å². The van der Waals surface area contributed by atoms with Crippen molar-refractivity contribution in [2.75, 3.05) is 34.0 Å². The standard InChI is InChI=1S/C37H49N5O11S/c1-21-7-5-6-8-23-18-37(23,35(45)41-54(48,49)26-10-11-26)40-32(43)29-17-25(20-42(29)34(44)31(22(2)15-21)39-36(46)47)53-33-27-12-9-24(51-4)16-28(27)30(19-38-33)52-14-13-50-3/h6,8-9,12,16,19,21-23,25-26,29,31,39H,5,7,10-11,13-15,17-18,20H2,1-4H3,(H,40,43)(H,41,45)(H,46,47)/t21-,22+,23+,25+,29-,31-,37+/m0/s1. The molecule has 3 heterocycles. The zero-order chi connectivity index (χ0) is 38.8. The van der Waals surface area contributed by atoms with E-state index in [-0.39, 0.29) is 37.8 Å². The van der Waals surface area contributed by atoms with Gasteiger partial charge in [-0.05, 0) is 68.6 Å². The van der Waals surface area contributed by atoms with Crippen molar-refractivity contribution in [3.8, 4) is 17.4 Å². The van der Waals surface area contributed by atoms with Crippen LogP contribution in [0.15, 0.2) is 36.5 Å². The number of carbonyl (C=O) groups is 4. The Bertz CT molecular complexity index is 1900. The lowest BCUT2D eigenvalue weighted by molar-refractivity contribution is -0.142. The molecule has 2 aliphatic carbocycles. The first-order valence-corrected chi connectivity index (χ1v) is 19.9. The van der Waals surface area contributed by atoms with Crippen molar-refractivity contribution in [2.45, 2.75) is 87.8 Å². The lowest BCUT2D eigenvalue weighted by atomic mass is 9.88. The molecule has 294 valence electrons. The zero-order valence-corrected chi connectivity index (χ0v) is 31.7. The fourth-order valence-electron chi connectivity index (χ4n) is 7.53. The Kier molecular flexibility index (Phi) is 11.6. The highest BCUT2D eigenvalue weighted by Crippen LogP contribution is 2.46. The van der Waals surface area contributed by atoms with Crippen molar-refractivity contribution in [1.29, 1.82) is 0 Å². The molecule has 2 aromatic rings. The van der Waals surface area contributed by atoms with Gasteiger partial charge in [-0.2, -0.15) is 0 Å². The van der Waals surface area contributed by atoms with Gasteiger partial charge in [-0.25, -0.2) is 18.2 Å². The van der Waals surface area contributed by atoms with Crippen LogP contribution in [0.1, 0.15) is 58.8 Å². The van der Waals surface area contributed by atoms with Crippen LogP contribution in [-0.2, 0) is 29.1 Å². The first-order valence-electron chi connectivity index (χ1n) is 18.4. The Hall–Kier alpha value is -4.64. The molecule has 0 spiro atoms. The first kappa shape index (κ1) is 39.1. The van der Waals surface area contributed by atoms with E-state index >= 15 is 0 Å². The molecule has 4 N–H and O–H groups in total. The third-order valence-electron chi connectivity index (χ3n) is 10.7. The molecule has 6 rings (SSSR count). The van der Waals surface area contributed by atoms with Crippen LogP contribution >= 0.6 is 0 Å². The SMILES string of the molecule is COCCOc1cnc(O[C@@H]2C[C@H]3C(=O)N[C@]4(C(=O)NS(=O)(=O)C5CC5)C[C@H]4C=CCC[C@H](C)C[C@@H](C)[C@H](NC(=O)O)C(=O)N3C2)c2ccc(OC)cc12. The summed E-state index contributed by atoms with van der Waals surface area (Å²) in [5, 5.41) is 15.6. The number of amides is 4. The van der Waals surface area contributed by atoms with E-state index in [4.69, 9.17) is 18.9 Å². The number of rotatable bonds is 11. The predicted molar refractivity (Wildman–Crippen MR) is 196 cm³/mol. The van der Waals surface area contributed by atoms with E-state index in [0.29, 0.717) is 54.6 Å². The number of sulfonamides is 1. The average Bonchev–Trinajstić information content (AvgIpc) is 4.06. The average molecular weight is 772 g/mol. The number of ether oxygens (including phenoxy) is 4. The van der Waals surface area contributed by atoms with E-state index in [1.807, 2.05) is 19.1 Å². The molecule has 54 heavy (non-hydrogen) atoms. The second kappa shape index (κ2) is 16.0. The van der Waals surface area contributed by atoms with Gasteiger partial charge in [-0.1, -0.05) is 26.0 Å². The van der Waals surface area contributed by atoms with Crippen LogP contribution in [0.2, 0.25) is 0 Å². The van der Waals surface area contributed by atoms with Gasteiger partial charge in [-0.15, -0.1) is 0 Å². The van der Waals surface area contributed by atoms with Gasteiger partial charge >= 0.3 is 6.09 Å². The Morgan fingerprint density at radius 2 is 1.87 bits per heavy atom. The van der Waals surface area contributed by atoms with Gasteiger partial charge < -0.3 is 39.6 Å². The first-order chi connectivity index (χ1) is 25.8. The molecule has 1 saturated heterocycles. The smallest absolute Gasteiger partial charge is 0.405 e. The third kappa shape index (κ3) is 8.51. The van der Waals surface area contributed by atoms with Crippen molar-refractivity contribution in [3.63, 3.8) is 0 Å². The van der Waals surface area contributed by atoms with Gasteiger partial charge in [0, 0.05) is 30.2 Å². The summed E-state index contributed by atoms with van der Waals surface area (Å²) >= 11 is 0. The summed E-state index contributed by atoms with van der Waals surface area (Å²) in [5.41, 5.74) is -1.55. The zero-order valence-electron chi connectivity index (χ0n) is 30.9. The summed E-state index contributed by atoms with van der Waals surface area (Å²) in [6.07, 6.45) is 6.07. The highest BCUT2D eigenvalue weighted by atomic mass is 32.2. The Labute approximate surface area is 314 Å². The molecule has 4 aliphatic rings. The van der Waals surface area contributed by atoms with Gasteiger partial charge in [0.1, 0.15) is 41.8 Å². The Morgan fingerprint density at radius 3 is 2.57 bits per heavy atom. The molecule has 1 aromatic carbocycles. The molecule has 16 nitrogen and oxygen atoms in total. The number of nitrogens with zero attached hydrogens (tertiary/aromatic N) is 2. The number of hydrogen-bond acceptors (Lipinski definition) is 11. The highest BCUT2D eigenvalue weighted by Gasteiger charge is 2.62. The van der Waals surface area contributed by atoms with Gasteiger partial charge in [0.15, 0.2) is 0 Å². The van der Waals surface area contributed by atoms with Crippen LogP contribution in [0.4, 0.5) is 4.79 Å². The normalized spacial score (nSPS) is 28.9. The second-order valence-corrected chi connectivity index (χ2v) is 16.8. The number of fused-ring (bicyclic) bond motifs is 3. The maximum Gasteiger partial charge on any atom is 0.405 e. The molecular formula is C37H49N5O11S. The quantitative estimate of drug-likeness (QED) is 0.192. The molecule has 4 amide bonds. The number of pyridine rings is 1. The number of hydrogen-bond donors (Lipinski definition) is 4. The van der Waals surface area contributed by atoms with Crippen LogP contribution in [0.5, 0.6) is 17.4 Å². The van der Waals surface area contributed by atoms with E-state index in [1.54, 1.807) is 39.3 Å². The molecule has 0 radical (unpaired) electrons. The number of aromatic nitrogens is 1. The van der Waals surface area contributed by atoms with Gasteiger partial charge in [0.25, 0.3) is 5.91 Å². The summed E-state index contributed by atoms with van der Waals surface area (Å²) in [4.78, 5) is 60.3. The van der Waals surface area contributed by atoms with E-state index in [9.17, 15) is 32.7 Å². The number of carbonyl (C=O) groups excluding carboxylic acids is 3. The fourth-order valence-corrected chi connectivity index (χ4v) is 8.89. The molecule has 1 aromatic heterocycles. The monoisotopic (exact) mass is 771 g/mol. The van der Waals surface area contributed by atoms with Crippen LogP contribution in [-0.4, -0.2) is 110 Å². The minimum absolute atomic E-state index is 0.0217. The molecule has 0 bridgehead atoms. The largest absolute Gasteiger partial charge is 0.497 e. The summed E-state index contributed by atoms with van der Waals surface area (Å²) < 4.78 is 50.7. The number of allylic oxidation sites excluding steroid dienone is 1. The lowest BCUT2D eigenvalue weighted by Gasteiger charge is -2.32. The lowest BCUT2D eigenvalue weighted by Crippen LogP contribution is -2.59. The molecule has 7 atom stereocenters. The van der Waals surface area contributed by atoms with E-state index < -0.39 is 74.7 Å². The summed E-state index contributed by atoms with van der Waals surface area (Å²) in [5.74, 6) is -1.64.